The molecule has 1 saturated heterocycles. The molecule has 0 amide bonds. The van der Waals surface area contributed by atoms with Crippen LogP contribution in [0.1, 0.15) is 25.5 Å². The summed E-state index contributed by atoms with van der Waals surface area (Å²) in [7, 11) is 0. The molecule has 1 aliphatic heterocycles. The maximum absolute atomic E-state index is 5.65. The highest BCUT2D eigenvalue weighted by molar-refractivity contribution is 4.96. The zero-order chi connectivity index (χ0) is 11.9. The summed E-state index contributed by atoms with van der Waals surface area (Å²) >= 11 is 0. The fourth-order valence-corrected chi connectivity index (χ4v) is 1.93. The summed E-state index contributed by atoms with van der Waals surface area (Å²) in [5.41, 5.74) is 0. The van der Waals surface area contributed by atoms with Crippen molar-refractivity contribution in [2.45, 2.75) is 38.6 Å². The van der Waals surface area contributed by atoms with Crippen molar-refractivity contribution >= 4 is 0 Å². The van der Waals surface area contributed by atoms with Gasteiger partial charge < -0.3 is 19.2 Å². The Hall–Kier alpha value is -0.840. The Labute approximate surface area is 102 Å². The molecule has 2 atom stereocenters. The molecule has 0 bridgehead atoms. The lowest BCUT2D eigenvalue weighted by Gasteiger charge is -2.15. The van der Waals surface area contributed by atoms with Gasteiger partial charge in [0.15, 0.2) is 0 Å². The van der Waals surface area contributed by atoms with Gasteiger partial charge in [-0.3, -0.25) is 0 Å². The summed E-state index contributed by atoms with van der Waals surface area (Å²) < 4.78 is 16.4. The van der Waals surface area contributed by atoms with Crippen molar-refractivity contribution in [2.75, 3.05) is 19.7 Å². The number of nitrogens with one attached hydrogen (secondary N) is 1. The molecule has 2 heterocycles. The van der Waals surface area contributed by atoms with Crippen molar-refractivity contribution < 1.29 is 13.9 Å². The second-order valence-corrected chi connectivity index (χ2v) is 4.49. The van der Waals surface area contributed by atoms with Crippen LogP contribution in [0.15, 0.2) is 22.8 Å². The summed E-state index contributed by atoms with van der Waals surface area (Å²) in [6, 6.07) is 3.80. The Morgan fingerprint density at radius 3 is 3.24 bits per heavy atom. The molecule has 1 aliphatic rings. The van der Waals surface area contributed by atoms with Crippen molar-refractivity contribution in [1.29, 1.82) is 0 Å². The summed E-state index contributed by atoms with van der Waals surface area (Å²) in [5.74, 6) is 0.871. The van der Waals surface area contributed by atoms with Gasteiger partial charge in [-0.2, -0.15) is 0 Å². The Kier molecular flexibility index (Phi) is 5.04. The molecule has 0 aromatic carbocycles. The molecular formula is C13H21NO3. The van der Waals surface area contributed by atoms with Gasteiger partial charge in [-0.15, -0.1) is 0 Å². The van der Waals surface area contributed by atoms with E-state index < -0.39 is 0 Å². The van der Waals surface area contributed by atoms with Gasteiger partial charge in [0.1, 0.15) is 12.4 Å². The quantitative estimate of drug-likeness (QED) is 0.790. The number of ether oxygens (including phenoxy) is 2. The number of furan rings is 1. The molecule has 2 unspecified atom stereocenters. The van der Waals surface area contributed by atoms with E-state index in [0.29, 0.717) is 12.7 Å². The van der Waals surface area contributed by atoms with E-state index in [2.05, 4.69) is 12.2 Å². The van der Waals surface area contributed by atoms with Crippen LogP contribution in [0.4, 0.5) is 0 Å². The van der Waals surface area contributed by atoms with Crippen LogP contribution in [-0.2, 0) is 16.1 Å². The first-order valence-corrected chi connectivity index (χ1v) is 6.31. The highest BCUT2D eigenvalue weighted by Gasteiger charge is 2.15. The van der Waals surface area contributed by atoms with Crippen LogP contribution in [0, 0.1) is 0 Å². The van der Waals surface area contributed by atoms with E-state index >= 15 is 0 Å². The first kappa shape index (κ1) is 12.6. The lowest BCUT2D eigenvalue weighted by atomic mass is 10.2. The number of hydrogen-bond donors (Lipinski definition) is 1. The van der Waals surface area contributed by atoms with Crippen LogP contribution < -0.4 is 5.32 Å². The second-order valence-electron chi connectivity index (χ2n) is 4.49. The third-order valence-corrected chi connectivity index (χ3v) is 2.92. The average molecular weight is 239 g/mol. The lowest BCUT2D eigenvalue weighted by Crippen LogP contribution is -2.32. The van der Waals surface area contributed by atoms with E-state index in [1.54, 1.807) is 6.26 Å². The summed E-state index contributed by atoms with van der Waals surface area (Å²) in [6.45, 7) is 5.28. The van der Waals surface area contributed by atoms with Crippen molar-refractivity contribution in [2.24, 2.45) is 0 Å². The van der Waals surface area contributed by atoms with E-state index in [4.69, 9.17) is 13.9 Å². The van der Waals surface area contributed by atoms with Gasteiger partial charge in [-0.05, 0) is 31.9 Å². The molecule has 1 aromatic heterocycles. The number of hydrogen-bond acceptors (Lipinski definition) is 4. The summed E-state index contributed by atoms with van der Waals surface area (Å²) in [5, 5.41) is 3.38. The first-order chi connectivity index (χ1) is 8.34. The first-order valence-electron chi connectivity index (χ1n) is 6.31. The van der Waals surface area contributed by atoms with E-state index in [-0.39, 0.29) is 6.10 Å². The van der Waals surface area contributed by atoms with Gasteiger partial charge in [-0.1, -0.05) is 0 Å². The topological polar surface area (TPSA) is 43.6 Å². The van der Waals surface area contributed by atoms with Crippen LogP contribution in [0.2, 0.25) is 0 Å². The van der Waals surface area contributed by atoms with Crippen molar-refractivity contribution in [3.63, 3.8) is 0 Å². The van der Waals surface area contributed by atoms with Crippen LogP contribution in [0.3, 0.4) is 0 Å². The minimum Gasteiger partial charge on any atom is -0.467 e. The molecule has 96 valence electrons. The number of rotatable bonds is 7. The monoisotopic (exact) mass is 239 g/mol. The van der Waals surface area contributed by atoms with Crippen molar-refractivity contribution in [3.05, 3.63) is 24.2 Å². The molecule has 1 fully saturated rings. The minimum absolute atomic E-state index is 0.182. The molecule has 4 nitrogen and oxygen atoms in total. The van der Waals surface area contributed by atoms with E-state index in [9.17, 15) is 0 Å². The zero-order valence-electron chi connectivity index (χ0n) is 10.4. The predicted octanol–water partition coefficient (Wildman–Crippen LogP) is 1.95. The minimum atomic E-state index is 0.182. The van der Waals surface area contributed by atoms with Gasteiger partial charge in [0.05, 0.1) is 18.5 Å². The van der Waals surface area contributed by atoms with Gasteiger partial charge >= 0.3 is 0 Å². The molecule has 1 aromatic rings. The van der Waals surface area contributed by atoms with E-state index in [0.717, 1.165) is 25.5 Å². The molecule has 0 spiro atoms. The zero-order valence-corrected chi connectivity index (χ0v) is 10.4. The smallest absolute Gasteiger partial charge is 0.129 e. The Morgan fingerprint density at radius 2 is 2.53 bits per heavy atom. The van der Waals surface area contributed by atoms with Gasteiger partial charge in [-0.25, -0.2) is 0 Å². The lowest BCUT2D eigenvalue weighted by molar-refractivity contribution is 0.0393. The van der Waals surface area contributed by atoms with Gasteiger partial charge in [0, 0.05) is 19.7 Å². The highest BCUT2D eigenvalue weighted by Crippen LogP contribution is 2.10. The maximum atomic E-state index is 5.65. The molecule has 0 saturated carbocycles. The van der Waals surface area contributed by atoms with Gasteiger partial charge in [0.25, 0.3) is 0 Å². The third kappa shape index (κ3) is 4.50. The SMILES string of the molecule is CC(CNCC1CCCO1)OCc1ccco1. The fourth-order valence-electron chi connectivity index (χ4n) is 1.93. The third-order valence-electron chi connectivity index (χ3n) is 2.92. The highest BCUT2D eigenvalue weighted by atomic mass is 16.5. The molecular weight excluding hydrogens is 218 g/mol. The van der Waals surface area contributed by atoms with Crippen LogP contribution in [0.5, 0.6) is 0 Å². The van der Waals surface area contributed by atoms with E-state index in [1.807, 2.05) is 12.1 Å². The van der Waals surface area contributed by atoms with Crippen molar-refractivity contribution in [3.8, 4) is 0 Å². The van der Waals surface area contributed by atoms with Crippen molar-refractivity contribution in [1.82, 2.24) is 5.32 Å². The Morgan fingerprint density at radius 1 is 1.59 bits per heavy atom. The molecule has 0 aliphatic carbocycles. The normalized spacial score (nSPS) is 21.8. The van der Waals surface area contributed by atoms with E-state index in [1.165, 1.54) is 12.8 Å². The molecule has 1 N–H and O–H groups in total. The Bertz CT molecular complexity index is 294. The predicted molar refractivity (Wildman–Crippen MR) is 64.8 cm³/mol. The van der Waals surface area contributed by atoms with Crippen LogP contribution in [-0.4, -0.2) is 31.9 Å². The molecule has 17 heavy (non-hydrogen) atoms. The molecule has 2 rings (SSSR count). The fraction of sp³-hybridized carbons (Fsp3) is 0.692. The van der Waals surface area contributed by atoms with Crippen LogP contribution >= 0.6 is 0 Å². The Balaban J connectivity index is 1.52. The largest absolute Gasteiger partial charge is 0.467 e. The molecule has 0 radical (unpaired) electrons. The van der Waals surface area contributed by atoms with Crippen LogP contribution in [0.25, 0.3) is 0 Å². The average Bonchev–Trinajstić information content (AvgIpc) is 2.99. The standard InChI is InChI=1S/C13H21NO3/c1-11(17-10-13-5-3-7-16-13)8-14-9-12-4-2-6-15-12/h3,5,7,11-12,14H,2,4,6,8-10H2,1H3. The maximum Gasteiger partial charge on any atom is 0.129 e. The molecule has 4 heteroatoms. The van der Waals surface area contributed by atoms with Gasteiger partial charge in [0.2, 0.25) is 0 Å². The summed E-state index contributed by atoms with van der Waals surface area (Å²) in [6.07, 6.45) is 4.61. The summed E-state index contributed by atoms with van der Waals surface area (Å²) in [4.78, 5) is 0. The second kappa shape index (κ2) is 6.79.